The molecule has 9 rings (SSSR count). The number of piperidine rings is 3. The Morgan fingerprint density at radius 2 is 1.43 bits per heavy atom. The largest absolute Gasteiger partial charge is 0.493 e. The summed E-state index contributed by atoms with van der Waals surface area (Å²) in [5, 5.41) is 22.5. The number of rotatable bonds is 12. The van der Waals surface area contributed by atoms with E-state index in [1.807, 2.05) is 42.5 Å². The number of thiophene rings is 1. The third-order valence-electron chi connectivity index (χ3n) is 12.6. The maximum atomic E-state index is 13.7. The van der Waals surface area contributed by atoms with Crippen LogP contribution in [0.1, 0.15) is 70.7 Å². The van der Waals surface area contributed by atoms with Gasteiger partial charge in [-0.15, -0.1) is 11.3 Å². The first-order chi connectivity index (χ1) is 29.6. The molecule has 12 nitrogen and oxygen atoms in total. The van der Waals surface area contributed by atoms with Gasteiger partial charge >= 0.3 is 7.12 Å². The fraction of sp³-hybridized carbons (Fsp3) is 0.348. The van der Waals surface area contributed by atoms with Crippen molar-refractivity contribution in [3.8, 4) is 27.7 Å². The van der Waals surface area contributed by atoms with Gasteiger partial charge in [-0.25, -0.2) is 4.39 Å². The average molecular weight is 845 g/mol. The highest BCUT2D eigenvalue weighted by Gasteiger charge is 2.45. The van der Waals surface area contributed by atoms with E-state index in [0.717, 1.165) is 102 Å². The number of nitrogens with one attached hydrogen (secondary N) is 1. The number of ether oxygens (including phenoxy) is 2. The fourth-order valence-electron chi connectivity index (χ4n) is 8.97. The molecule has 3 fully saturated rings. The molecule has 4 aromatic carbocycles. The van der Waals surface area contributed by atoms with E-state index < -0.39 is 30.9 Å². The maximum Gasteiger partial charge on any atom is 0.488 e. The highest BCUT2D eigenvalue weighted by molar-refractivity contribution is 7.22. The summed E-state index contributed by atoms with van der Waals surface area (Å²) >= 11 is 1.44. The molecule has 0 aliphatic carbocycles. The zero-order valence-electron chi connectivity index (χ0n) is 33.6. The van der Waals surface area contributed by atoms with E-state index in [-0.39, 0.29) is 30.5 Å². The molecule has 5 aromatic rings. The van der Waals surface area contributed by atoms with Gasteiger partial charge in [-0.1, -0.05) is 30.3 Å². The number of hydrogen-bond donors (Lipinski definition) is 3. The first kappa shape index (κ1) is 40.9. The lowest BCUT2D eigenvalue weighted by Crippen LogP contribution is -2.54. The zero-order chi connectivity index (χ0) is 42.2. The lowest BCUT2D eigenvalue weighted by atomic mass is 9.80. The molecule has 0 saturated carbocycles. The van der Waals surface area contributed by atoms with Gasteiger partial charge < -0.3 is 29.3 Å². The van der Waals surface area contributed by atoms with Gasteiger partial charge in [-0.3, -0.25) is 29.4 Å². The summed E-state index contributed by atoms with van der Waals surface area (Å²) in [4.78, 5) is 57.4. The number of carbonyl (C=O) groups is 4. The van der Waals surface area contributed by atoms with E-state index in [2.05, 4.69) is 15.1 Å². The smallest absolute Gasteiger partial charge is 0.488 e. The summed E-state index contributed by atoms with van der Waals surface area (Å²) in [6.07, 6.45) is 4.30. The van der Waals surface area contributed by atoms with Crippen molar-refractivity contribution in [3.63, 3.8) is 0 Å². The quantitative estimate of drug-likeness (QED) is 0.108. The Balaban J connectivity index is 0.719. The van der Waals surface area contributed by atoms with Crippen LogP contribution in [0.15, 0.2) is 84.9 Å². The molecule has 1 aromatic heterocycles. The SMILES string of the molecule is O=C1CCC(N2C(=O)c3ccc(C4CCN(CCN5CCC(COc6ccc(Oc7c(-c8ccc(F)cc8)sc8cc(B(O)O)ccc78)cc6)CC5)CC4)cc3C2=O)C(=O)N1. The Morgan fingerprint density at radius 1 is 0.754 bits per heavy atom. The van der Waals surface area contributed by atoms with Crippen LogP contribution < -0.4 is 20.3 Å². The minimum Gasteiger partial charge on any atom is -0.493 e. The Kier molecular flexibility index (Phi) is 11.7. The van der Waals surface area contributed by atoms with E-state index in [0.29, 0.717) is 40.6 Å². The van der Waals surface area contributed by atoms with Gasteiger partial charge in [-0.2, -0.15) is 0 Å². The van der Waals surface area contributed by atoms with E-state index in [1.165, 1.54) is 23.5 Å². The Morgan fingerprint density at radius 3 is 2.11 bits per heavy atom. The minimum absolute atomic E-state index is 0.0970. The van der Waals surface area contributed by atoms with Crippen molar-refractivity contribution in [2.24, 2.45) is 5.92 Å². The van der Waals surface area contributed by atoms with Gasteiger partial charge in [-0.05, 0) is 141 Å². The molecule has 15 heteroatoms. The first-order valence-corrected chi connectivity index (χ1v) is 21.8. The second-order valence-corrected chi connectivity index (χ2v) is 17.5. The topological polar surface area (TPSA) is 149 Å². The van der Waals surface area contributed by atoms with Crippen molar-refractivity contribution < 1.29 is 43.1 Å². The number of nitrogens with zero attached hydrogens (tertiary/aromatic N) is 3. The van der Waals surface area contributed by atoms with Gasteiger partial charge in [0.1, 0.15) is 23.4 Å². The monoisotopic (exact) mass is 844 g/mol. The number of halogens is 1. The number of benzene rings is 4. The summed E-state index contributed by atoms with van der Waals surface area (Å²) in [6, 6.07) is 23.5. The van der Waals surface area contributed by atoms with Crippen LogP contribution in [0.3, 0.4) is 0 Å². The molecule has 1 atom stereocenters. The molecule has 61 heavy (non-hydrogen) atoms. The summed E-state index contributed by atoms with van der Waals surface area (Å²) in [5.74, 6) is 0.502. The summed E-state index contributed by atoms with van der Waals surface area (Å²) < 4.78 is 27.2. The number of carbonyl (C=O) groups excluding carboxylic acids is 4. The molecule has 4 aliphatic heterocycles. The van der Waals surface area contributed by atoms with Crippen molar-refractivity contribution in [3.05, 3.63) is 107 Å². The number of amides is 4. The molecule has 0 bridgehead atoms. The van der Waals surface area contributed by atoms with Gasteiger partial charge in [0.2, 0.25) is 11.8 Å². The number of fused-ring (bicyclic) bond motifs is 2. The lowest BCUT2D eigenvalue weighted by Gasteiger charge is -2.36. The van der Waals surface area contributed by atoms with Crippen molar-refractivity contribution >= 4 is 57.6 Å². The van der Waals surface area contributed by atoms with Gasteiger partial charge in [0.25, 0.3) is 11.8 Å². The predicted octanol–water partition coefficient (Wildman–Crippen LogP) is 5.55. The highest BCUT2D eigenvalue weighted by Crippen LogP contribution is 2.46. The molecule has 4 aliphatic rings. The second-order valence-electron chi connectivity index (χ2n) is 16.4. The van der Waals surface area contributed by atoms with E-state index >= 15 is 0 Å². The number of imide groups is 2. The van der Waals surface area contributed by atoms with Gasteiger partial charge in [0, 0.05) is 29.6 Å². The second kappa shape index (κ2) is 17.5. The standard InChI is InChI=1S/C46H46BFN4O8S/c48-33-5-1-30(2-6-33)43-42(37-12-4-32(47(57)58)26-40(37)61-43)60-35-9-7-34(8-10-35)59-27-28-15-19-50(20-16-28)23-24-51-21-17-29(18-22-51)31-3-11-36-38(25-31)46(56)52(45(36)55)39-13-14-41(53)49-44(39)54/h1-12,25-26,28-29,39,57-58H,13-24,27H2,(H,49,53,54). The molecular formula is C46H46BFN4O8S. The van der Waals surface area contributed by atoms with E-state index in [9.17, 15) is 33.6 Å². The van der Waals surface area contributed by atoms with Crippen LogP contribution >= 0.6 is 11.3 Å². The van der Waals surface area contributed by atoms with E-state index in [1.54, 1.807) is 30.3 Å². The molecule has 3 saturated heterocycles. The van der Waals surface area contributed by atoms with Crippen LogP contribution in [-0.4, -0.2) is 107 Å². The van der Waals surface area contributed by atoms with Crippen molar-refractivity contribution in [2.75, 3.05) is 45.9 Å². The summed E-state index contributed by atoms with van der Waals surface area (Å²) in [6.45, 7) is 6.62. The van der Waals surface area contributed by atoms with Crippen LogP contribution in [-0.2, 0) is 9.59 Å². The molecule has 3 N–H and O–H groups in total. The minimum atomic E-state index is -1.59. The van der Waals surface area contributed by atoms with Crippen LogP contribution in [0.4, 0.5) is 4.39 Å². The molecule has 4 amide bonds. The Hall–Kier alpha value is -5.45. The zero-order valence-corrected chi connectivity index (χ0v) is 34.4. The lowest BCUT2D eigenvalue weighted by molar-refractivity contribution is -0.136. The summed E-state index contributed by atoms with van der Waals surface area (Å²) in [5.41, 5.74) is 2.89. The van der Waals surface area contributed by atoms with E-state index in [4.69, 9.17) is 9.47 Å². The van der Waals surface area contributed by atoms with Crippen molar-refractivity contribution in [1.29, 1.82) is 0 Å². The van der Waals surface area contributed by atoms with Crippen LogP contribution in [0.5, 0.6) is 17.2 Å². The fourth-order valence-corrected chi connectivity index (χ4v) is 10.2. The predicted molar refractivity (Wildman–Crippen MR) is 230 cm³/mol. The number of likely N-dealkylation sites (tertiary alicyclic amines) is 2. The van der Waals surface area contributed by atoms with Crippen LogP contribution in [0, 0.1) is 11.7 Å². The maximum absolute atomic E-state index is 13.7. The van der Waals surface area contributed by atoms with Gasteiger partial charge in [0.05, 0.1) is 22.6 Å². The first-order valence-electron chi connectivity index (χ1n) is 21.0. The molecule has 1 unspecified atom stereocenters. The Bertz CT molecular complexity index is 2460. The molecule has 314 valence electrons. The third kappa shape index (κ3) is 8.71. The van der Waals surface area contributed by atoms with Crippen LogP contribution in [0.25, 0.3) is 20.5 Å². The van der Waals surface area contributed by atoms with Crippen molar-refractivity contribution in [2.45, 2.75) is 50.5 Å². The molecule has 0 spiro atoms. The molecular weight excluding hydrogens is 798 g/mol. The van der Waals surface area contributed by atoms with Gasteiger partial charge in [0.15, 0.2) is 5.75 Å². The Labute approximate surface area is 357 Å². The normalized spacial score (nSPS) is 19.4. The third-order valence-corrected chi connectivity index (χ3v) is 13.7. The molecule has 5 heterocycles. The number of hydrogen-bond acceptors (Lipinski definition) is 11. The van der Waals surface area contributed by atoms with Crippen molar-refractivity contribution in [1.82, 2.24) is 20.0 Å². The highest BCUT2D eigenvalue weighted by atomic mass is 32.1. The van der Waals surface area contributed by atoms with Crippen LogP contribution in [0.2, 0.25) is 0 Å². The molecule has 0 radical (unpaired) electrons. The summed E-state index contributed by atoms with van der Waals surface area (Å²) in [7, 11) is -1.59. The average Bonchev–Trinajstić information content (AvgIpc) is 3.75.